The molecule has 1 atom stereocenters. The van der Waals surface area contributed by atoms with E-state index in [1.165, 1.54) is 0 Å². The highest BCUT2D eigenvalue weighted by Gasteiger charge is 2.54. The van der Waals surface area contributed by atoms with Gasteiger partial charge in [-0.15, -0.1) is 0 Å². The van der Waals surface area contributed by atoms with Crippen LogP contribution in [0.5, 0.6) is 0 Å². The van der Waals surface area contributed by atoms with Crippen LogP contribution in [0.15, 0.2) is 103 Å². The molecule has 0 aromatic heterocycles. The van der Waals surface area contributed by atoms with Crippen LogP contribution in [0.25, 0.3) is 10.8 Å². The minimum Gasteiger partial charge on any atom is -0.348 e. The quantitative estimate of drug-likeness (QED) is 0.370. The predicted molar refractivity (Wildman–Crippen MR) is 160 cm³/mol. The number of likely N-dealkylation sites (tertiary alicyclic amines) is 1. The molecule has 6 rings (SSSR count). The molecule has 0 radical (unpaired) electrons. The number of rotatable bonds is 6. The van der Waals surface area contributed by atoms with Crippen molar-refractivity contribution in [2.45, 2.75) is 31.3 Å². The zero-order chi connectivity index (χ0) is 28.4. The minimum atomic E-state index is -0.803. The van der Waals surface area contributed by atoms with Crippen molar-refractivity contribution in [3.05, 3.63) is 114 Å². The van der Waals surface area contributed by atoms with Gasteiger partial charge in [-0.1, -0.05) is 84.9 Å². The Morgan fingerprint density at radius 2 is 1.46 bits per heavy atom. The molecule has 1 spiro atoms. The SMILES string of the molecule is C[C@H](NC(=O)CN1CN(c2ccccc2)C2(CCN(C(=O)c3cccc4ccccc34)CC2)C1=O)c1ccccc1. The van der Waals surface area contributed by atoms with Crippen molar-refractivity contribution in [2.24, 2.45) is 0 Å². The monoisotopic (exact) mass is 546 g/mol. The highest BCUT2D eigenvalue weighted by molar-refractivity contribution is 6.07. The summed E-state index contributed by atoms with van der Waals surface area (Å²) < 4.78 is 0. The van der Waals surface area contributed by atoms with Gasteiger partial charge in [0.1, 0.15) is 12.1 Å². The zero-order valence-corrected chi connectivity index (χ0v) is 23.2. The van der Waals surface area contributed by atoms with E-state index in [-0.39, 0.29) is 30.3 Å². The Kier molecular flexibility index (Phi) is 7.18. The summed E-state index contributed by atoms with van der Waals surface area (Å²) in [5.41, 5.74) is 1.83. The van der Waals surface area contributed by atoms with Crippen LogP contribution in [-0.2, 0) is 9.59 Å². The standard InChI is InChI=1S/C34H34N4O3/c1-25(26-11-4-2-5-12-26)35-31(39)23-37-24-38(28-15-6-3-7-16-28)34(33(37)41)19-21-36(22-20-34)32(40)30-18-10-14-27-13-8-9-17-29(27)30/h2-18,25H,19-24H2,1H3,(H,35,39)/t25-/m0/s1. The smallest absolute Gasteiger partial charge is 0.254 e. The molecule has 41 heavy (non-hydrogen) atoms. The van der Waals surface area contributed by atoms with E-state index in [1.807, 2.05) is 115 Å². The summed E-state index contributed by atoms with van der Waals surface area (Å²) >= 11 is 0. The first-order chi connectivity index (χ1) is 20.0. The first-order valence-electron chi connectivity index (χ1n) is 14.2. The van der Waals surface area contributed by atoms with Gasteiger partial charge in [-0.25, -0.2) is 0 Å². The van der Waals surface area contributed by atoms with Crippen LogP contribution in [0, 0.1) is 0 Å². The molecular weight excluding hydrogens is 512 g/mol. The van der Waals surface area contributed by atoms with Crippen molar-refractivity contribution in [1.29, 1.82) is 0 Å². The molecule has 1 N–H and O–H groups in total. The zero-order valence-electron chi connectivity index (χ0n) is 23.2. The number of nitrogens with one attached hydrogen (secondary N) is 1. The molecule has 208 valence electrons. The largest absolute Gasteiger partial charge is 0.348 e. The molecule has 0 aliphatic carbocycles. The van der Waals surface area contributed by atoms with Crippen LogP contribution in [0.4, 0.5) is 5.69 Å². The lowest BCUT2D eigenvalue weighted by Gasteiger charge is -2.43. The Labute approximate surface area is 240 Å². The summed E-state index contributed by atoms with van der Waals surface area (Å²) in [6.07, 6.45) is 0.992. The van der Waals surface area contributed by atoms with Gasteiger partial charge < -0.3 is 20.0 Å². The van der Waals surface area contributed by atoms with Crippen LogP contribution in [0.3, 0.4) is 0 Å². The summed E-state index contributed by atoms with van der Waals surface area (Å²) in [6, 6.07) is 33.2. The maximum Gasteiger partial charge on any atom is 0.254 e. The second kappa shape index (κ2) is 11.1. The maximum absolute atomic E-state index is 14.1. The van der Waals surface area contributed by atoms with E-state index in [2.05, 4.69) is 10.2 Å². The number of nitrogens with zero attached hydrogens (tertiary/aromatic N) is 3. The number of piperidine rings is 1. The van der Waals surface area contributed by atoms with Crippen LogP contribution >= 0.6 is 0 Å². The van der Waals surface area contributed by atoms with Gasteiger partial charge in [0, 0.05) is 24.3 Å². The van der Waals surface area contributed by atoms with Crippen LogP contribution in [0.2, 0.25) is 0 Å². The van der Waals surface area contributed by atoms with E-state index < -0.39 is 5.54 Å². The van der Waals surface area contributed by atoms with Crippen molar-refractivity contribution >= 4 is 34.2 Å². The molecule has 7 nitrogen and oxygen atoms in total. The number of benzene rings is 4. The van der Waals surface area contributed by atoms with Gasteiger partial charge in [-0.2, -0.15) is 0 Å². The summed E-state index contributed by atoms with van der Waals surface area (Å²) in [4.78, 5) is 46.4. The van der Waals surface area contributed by atoms with Crippen LogP contribution in [-0.4, -0.2) is 59.4 Å². The van der Waals surface area contributed by atoms with Gasteiger partial charge in [-0.05, 0) is 54.3 Å². The van der Waals surface area contributed by atoms with Crippen molar-refractivity contribution in [3.63, 3.8) is 0 Å². The number of carbonyl (C=O) groups is 3. The van der Waals surface area contributed by atoms with Gasteiger partial charge in [0.2, 0.25) is 5.91 Å². The van der Waals surface area contributed by atoms with E-state index in [9.17, 15) is 14.4 Å². The molecule has 2 aliphatic rings. The number of amides is 3. The van der Waals surface area contributed by atoms with Crippen molar-refractivity contribution in [1.82, 2.24) is 15.1 Å². The predicted octanol–water partition coefficient (Wildman–Crippen LogP) is 5.00. The highest BCUT2D eigenvalue weighted by Crippen LogP contribution is 2.40. The molecule has 2 saturated heterocycles. The van der Waals surface area contributed by atoms with E-state index in [4.69, 9.17) is 0 Å². The van der Waals surface area contributed by atoms with Crippen molar-refractivity contribution < 1.29 is 14.4 Å². The number of para-hydroxylation sites is 1. The van der Waals surface area contributed by atoms with E-state index in [1.54, 1.807) is 4.90 Å². The third-order valence-electron chi connectivity index (χ3n) is 8.49. The molecule has 2 heterocycles. The molecule has 0 unspecified atom stereocenters. The summed E-state index contributed by atoms with van der Waals surface area (Å²) in [6.45, 7) is 3.18. The highest BCUT2D eigenvalue weighted by atomic mass is 16.2. The fourth-order valence-corrected chi connectivity index (χ4v) is 6.27. The van der Waals surface area contributed by atoms with Crippen molar-refractivity contribution in [3.8, 4) is 0 Å². The first kappa shape index (κ1) is 26.6. The molecule has 3 amide bonds. The van der Waals surface area contributed by atoms with Gasteiger partial charge in [-0.3, -0.25) is 14.4 Å². The van der Waals surface area contributed by atoms with Gasteiger partial charge in [0.25, 0.3) is 11.8 Å². The average molecular weight is 547 g/mol. The lowest BCUT2D eigenvalue weighted by molar-refractivity contribution is -0.137. The molecule has 0 bridgehead atoms. The topological polar surface area (TPSA) is 73.0 Å². The third-order valence-corrected chi connectivity index (χ3v) is 8.49. The van der Waals surface area contributed by atoms with Crippen LogP contribution in [0.1, 0.15) is 41.7 Å². The number of hydrogen-bond acceptors (Lipinski definition) is 4. The van der Waals surface area contributed by atoms with E-state index in [0.29, 0.717) is 38.2 Å². The number of anilines is 1. The van der Waals surface area contributed by atoms with Crippen molar-refractivity contribution in [2.75, 3.05) is 31.2 Å². The Morgan fingerprint density at radius 3 is 2.20 bits per heavy atom. The third kappa shape index (κ3) is 5.04. The molecule has 2 aliphatic heterocycles. The Hall–Kier alpha value is -4.65. The van der Waals surface area contributed by atoms with Gasteiger partial charge in [0.05, 0.1) is 12.7 Å². The Morgan fingerprint density at radius 1 is 0.829 bits per heavy atom. The number of fused-ring (bicyclic) bond motifs is 1. The number of hydrogen-bond donors (Lipinski definition) is 1. The molecule has 7 heteroatoms. The fourth-order valence-electron chi connectivity index (χ4n) is 6.27. The van der Waals surface area contributed by atoms with Crippen LogP contribution < -0.4 is 10.2 Å². The molecule has 4 aromatic carbocycles. The Balaban J connectivity index is 1.20. The lowest BCUT2D eigenvalue weighted by atomic mass is 9.85. The fraction of sp³-hybridized carbons (Fsp3) is 0.265. The summed E-state index contributed by atoms with van der Waals surface area (Å²) in [5, 5.41) is 5.01. The number of carbonyl (C=O) groups excluding carboxylic acids is 3. The second-order valence-electron chi connectivity index (χ2n) is 11.0. The van der Waals surface area contributed by atoms with E-state index >= 15 is 0 Å². The van der Waals surface area contributed by atoms with E-state index in [0.717, 1.165) is 22.0 Å². The normalized spacial score (nSPS) is 17.2. The maximum atomic E-state index is 14.1. The summed E-state index contributed by atoms with van der Waals surface area (Å²) in [7, 11) is 0. The average Bonchev–Trinajstić information content (AvgIpc) is 3.27. The Bertz CT molecular complexity index is 1560. The minimum absolute atomic E-state index is 0.0141. The molecular formula is C34H34N4O3. The van der Waals surface area contributed by atoms with Gasteiger partial charge >= 0.3 is 0 Å². The lowest BCUT2D eigenvalue weighted by Crippen LogP contribution is -2.57. The molecule has 4 aromatic rings. The van der Waals surface area contributed by atoms with Gasteiger partial charge in [0.15, 0.2) is 0 Å². The summed E-state index contributed by atoms with van der Waals surface area (Å²) in [5.74, 6) is -0.260. The first-order valence-corrected chi connectivity index (χ1v) is 14.2. The molecule has 2 fully saturated rings. The molecule has 0 saturated carbocycles. The second-order valence-corrected chi connectivity index (χ2v) is 11.0.